The van der Waals surface area contributed by atoms with Crippen molar-refractivity contribution in [3.05, 3.63) is 0 Å². The van der Waals surface area contributed by atoms with Crippen LogP contribution in [0.5, 0.6) is 0 Å². The molecule has 0 aromatic heterocycles. The van der Waals surface area contributed by atoms with Gasteiger partial charge in [0.15, 0.2) is 0 Å². The quantitative estimate of drug-likeness (QED) is 0.124. The predicted octanol–water partition coefficient (Wildman–Crippen LogP) is 9.40. The molecule has 1 atom stereocenters. The molecule has 0 amide bonds. The lowest BCUT2D eigenvalue weighted by atomic mass is 9.91. The number of carbonyl (C=O) groups is 1. The molecule has 2 nitrogen and oxygen atoms in total. The van der Waals surface area contributed by atoms with Crippen LogP contribution in [-0.4, -0.2) is 12.6 Å². The summed E-state index contributed by atoms with van der Waals surface area (Å²) in [4.78, 5) is 11.8. The summed E-state index contributed by atoms with van der Waals surface area (Å²) in [5.41, 5.74) is 0. The number of ether oxygens (including phenoxy) is 1. The van der Waals surface area contributed by atoms with E-state index in [4.69, 9.17) is 4.74 Å². The van der Waals surface area contributed by atoms with Crippen LogP contribution in [0.2, 0.25) is 0 Å². The molecule has 0 aliphatic rings. The van der Waals surface area contributed by atoms with Gasteiger partial charge in [0.2, 0.25) is 0 Å². The number of hydrogen-bond acceptors (Lipinski definition) is 2. The van der Waals surface area contributed by atoms with Crippen molar-refractivity contribution in [2.75, 3.05) is 6.61 Å². The molecule has 0 aromatic rings. The molecule has 0 bridgehead atoms. The third-order valence-electron chi connectivity index (χ3n) is 6.21. The Morgan fingerprint density at radius 2 is 0.966 bits per heavy atom. The normalized spacial score (nSPS) is 12.2. The lowest BCUT2D eigenvalue weighted by Crippen LogP contribution is -2.10. The van der Waals surface area contributed by atoms with Gasteiger partial charge in [0.1, 0.15) is 0 Å². The van der Waals surface area contributed by atoms with Crippen molar-refractivity contribution in [3.8, 4) is 0 Å². The van der Waals surface area contributed by atoms with Crippen LogP contribution in [0.3, 0.4) is 0 Å². The second-order valence-electron chi connectivity index (χ2n) is 9.15. The van der Waals surface area contributed by atoms with E-state index >= 15 is 0 Å². The first-order chi connectivity index (χ1) is 14.2. The molecule has 29 heavy (non-hydrogen) atoms. The maximum atomic E-state index is 11.8. The van der Waals surface area contributed by atoms with Crippen LogP contribution in [0.1, 0.15) is 156 Å². The van der Waals surface area contributed by atoms with E-state index in [-0.39, 0.29) is 5.97 Å². The van der Waals surface area contributed by atoms with E-state index in [2.05, 4.69) is 20.8 Å². The SMILES string of the molecule is CCCCCCCCCCC(CCCCCCCC)CCOC(=O)CCCCC. The average molecular weight is 411 g/mol. The van der Waals surface area contributed by atoms with Crippen molar-refractivity contribution in [1.29, 1.82) is 0 Å². The monoisotopic (exact) mass is 410 g/mol. The van der Waals surface area contributed by atoms with Crippen molar-refractivity contribution in [2.24, 2.45) is 5.92 Å². The van der Waals surface area contributed by atoms with E-state index in [0.29, 0.717) is 13.0 Å². The second kappa shape index (κ2) is 23.7. The van der Waals surface area contributed by atoms with Gasteiger partial charge in [0, 0.05) is 6.42 Å². The summed E-state index contributed by atoms with van der Waals surface area (Å²) < 4.78 is 5.52. The molecule has 174 valence electrons. The molecule has 0 aliphatic carbocycles. The van der Waals surface area contributed by atoms with Crippen LogP contribution in [0.15, 0.2) is 0 Å². The fraction of sp³-hybridized carbons (Fsp3) is 0.963. The van der Waals surface area contributed by atoms with Crippen molar-refractivity contribution in [3.63, 3.8) is 0 Å². The minimum Gasteiger partial charge on any atom is -0.466 e. The van der Waals surface area contributed by atoms with E-state index < -0.39 is 0 Å². The Morgan fingerprint density at radius 3 is 1.45 bits per heavy atom. The van der Waals surface area contributed by atoms with Gasteiger partial charge in [0.25, 0.3) is 0 Å². The summed E-state index contributed by atoms with van der Waals surface area (Å²) in [6.07, 6.45) is 27.0. The largest absolute Gasteiger partial charge is 0.466 e. The highest BCUT2D eigenvalue weighted by Gasteiger charge is 2.11. The molecule has 0 heterocycles. The predicted molar refractivity (Wildman–Crippen MR) is 128 cm³/mol. The topological polar surface area (TPSA) is 26.3 Å². The molecule has 0 aromatic carbocycles. The van der Waals surface area contributed by atoms with Crippen molar-refractivity contribution in [1.82, 2.24) is 0 Å². The highest BCUT2D eigenvalue weighted by Crippen LogP contribution is 2.22. The van der Waals surface area contributed by atoms with Crippen LogP contribution in [0.25, 0.3) is 0 Å². The zero-order valence-electron chi connectivity index (χ0n) is 20.5. The van der Waals surface area contributed by atoms with Gasteiger partial charge in [-0.05, 0) is 18.8 Å². The maximum absolute atomic E-state index is 11.8. The zero-order valence-corrected chi connectivity index (χ0v) is 20.5. The van der Waals surface area contributed by atoms with Crippen LogP contribution in [0, 0.1) is 5.92 Å². The lowest BCUT2D eigenvalue weighted by Gasteiger charge is -2.17. The molecule has 0 saturated carbocycles. The van der Waals surface area contributed by atoms with Crippen molar-refractivity contribution in [2.45, 2.75) is 156 Å². The standard InChI is InChI=1S/C27H54O2/c1-4-7-10-12-14-15-17-20-22-26(21-19-16-13-11-8-5-2)24-25-29-27(28)23-18-9-6-3/h26H,4-25H2,1-3H3. The number of hydrogen-bond donors (Lipinski definition) is 0. The molecule has 0 radical (unpaired) electrons. The van der Waals surface area contributed by atoms with Gasteiger partial charge in [-0.15, -0.1) is 0 Å². The molecule has 0 fully saturated rings. The Bertz CT molecular complexity index is 326. The summed E-state index contributed by atoms with van der Waals surface area (Å²) >= 11 is 0. The van der Waals surface area contributed by atoms with E-state index in [1.54, 1.807) is 0 Å². The third kappa shape index (κ3) is 22.0. The van der Waals surface area contributed by atoms with Gasteiger partial charge >= 0.3 is 5.97 Å². The van der Waals surface area contributed by atoms with Gasteiger partial charge in [-0.3, -0.25) is 4.79 Å². The molecule has 0 aliphatic heterocycles. The van der Waals surface area contributed by atoms with E-state index in [1.807, 2.05) is 0 Å². The molecule has 2 heteroatoms. The molecule has 0 N–H and O–H groups in total. The molecular weight excluding hydrogens is 356 g/mol. The smallest absolute Gasteiger partial charge is 0.305 e. The molecular formula is C27H54O2. The minimum absolute atomic E-state index is 0.0174. The second-order valence-corrected chi connectivity index (χ2v) is 9.15. The van der Waals surface area contributed by atoms with Crippen molar-refractivity contribution >= 4 is 5.97 Å². The van der Waals surface area contributed by atoms with Crippen LogP contribution >= 0.6 is 0 Å². The van der Waals surface area contributed by atoms with Gasteiger partial charge < -0.3 is 4.74 Å². The van der Waals surface area contributed by atoms with E-state index in [9.17, 15) is 4.79 Å². The third-order valence-corrected chi connectivity index (χ3v) is 6.21. The minimum atomic E-state index is 0.0174. The number of rotatable bonds is 23. The Morgan fingerprint density at radius 1 is 0.552 bits per heavy atom. The average Bonchev–Trinajstić information content (AvgIpc) is 2.72. The Balaban J connectivity index is 3.94. The Kier molecular flexibility index (Phi) is 23.3. The fourth-order valence-electron chi connectivity index (χ4n) is 4.14. The van der Waals surface area contributed by atoms with Crippen LogP contribution in [-0.2, 0) is 9.53 Å². The summed E-state index contributed by atoms with van der Waals surface area (Å²) in [6.45, 7) is 7.38. The summed E-state index contributed by atoms with van der Waals surface area (Å²) in [5, 5.41) is 0. The lowest BCUT2D eigenvalue weighted by molar-refractivity contribution is -0.144. The van der Waals surface area contributed by atoms with Gasteiger partial charge in [0.05, 0.1) is 6.61 Å². The highest BCUT2D eigenvalue weighted by molar-refractivity contribution is 5.69. The fourth-order valence-corrected chi connectivity index (χ4v) is 4.14. The van der Waals surface area contributed by atoms with Crippen molar-refractivity contribution < 1.29 is 9.53 Å². The maximum Gasteiger partial charge on any atom is 0.305 e. The number of unbranched alkanes of at least 4 members (excludes halogenated alkanes) is 14. The molecule has 0 saturated heterocycles. The van der Waals surface area contributed by atoms with Gasteiger partial charge in [-0.1, -0.05) is 136 Å². The van der Waals surface area contributed by atoms with E-state index in [1.165, 1.54) is 103 Å². The summed E-state index contributed by atoms with van der Waals surface area (Å²) in [5.74, 6) is 0.772. The Labute approximate surface area is 184 Å². The first-order valence-electron chi connectivity index (χ1n) is 13.4. The first-order valence-corrected chi connectivity index (χ1v) is 13.4. The Hall–Kier alpha value is -0.530. The highest BCUT2D eigenvalue weighted by atomic mass is 16.5. The zero-order chi connectivity index (χ0) is 21.4. The number of carbonyl (C=O) groups excluding carboxylic acids is 1. The van der Waals surface area contributed by atoms with Gasteiger partial charge in [-0.25, -0.2) is 0 Å². The van der Waals surface area contributed by atoms with Crippen LogP contribution in [0.4, 0.5) is 0 Å². The summed E-state index contributed by atoms with van der Waals surface area (Å²) in [6, 6.07) is 0. The van der Waals surface area contributed by atoms with Crippen LogP contribution < -0.4 is 0 Å². The summed E-state index contributed by atoms with van der Waals surface area (Å²) in [7, 11) is 0. The molecule has 0 spiro atoms. The van der Waals surface area contributed by atoms with Gasteiger partial charge in [-0.2, -0.15) is 0 Å². The first kappa shape index (κ1) is 28.5. The number of esters is 1. The van der Waals surface area contributed by atoms with E-state index in [0.717, 1.165) is 31.6 Å². The molecule has 1 unspecified atom stereocenters. The molecule has 0 rings (SSSR count).